The maximum atomic E-state index is 5.39. The number of methoxy groups -OCH3 is 1. The number of hydrogen-bond donors (Lipinski definition) is 1. The van der Waals surface area contributed by atoms with Crippen LogP contribution in [0.15, 0.2) is 36.4 Å². The molecule has 1 heterocycles. The third-order valence-corrected chi connectivity index (χ3v) is 6.24. The molecule has 4 rings (SSSR count). The Kier molecular flexibility index (Phi) is 4.46. The highest BCUT2D eigenvalue weighted by Gasteiger charge is 2.31. The van der Waals surface area contributed by atoms with E-state index in [1.807, 2.05) is 0 Å². The Morgan fingerprint density at radius 1 is 1.04 bits per heavy atom. The predicted octanol–water partition coefficient (Wildman–Crippen LogP) is 5.60. The van der Waals surface area contributed by atoms with Crippen LogP contribution in [0.1, 0.15) is 55.4 Å². The Morgan fingerprint density at radius 3 is 2.62 bits per heavy atom. The molecular formula is C24H31NO. The lowest BCUT2D eigenvalue weighted by molar-refractivity contribution is 0.305. The van der Waals surface area contributed by atoms with Crippen molar-refractivity contribution < 1.29 is 4.74 Å². The van der Waals surface area contributed by atoms with Crippen molar-refractivity contribution in [2.45, 2.75) is 52.4 Å². The van der Waals surface area contributed by atoms with E-state index in [0.29, 0.717) is 17.3 Å². The van der Waals surface area contributed by atoms with Crippen molar-refractivity contribution >= 4 is 5.69 Å². The summed E-state index contributed by atoms with van der Waals surface area (Å²) < 4.78 is 5.39. The summed E-state index contributed by atoms with van der Waals surface area (Å²) in [5, 5.41) is 3.60. The van der Waals surface area contributed by atoms with Gasteiger partial charge in [0.1, 0.15) is 5.75 Å². The average molecular weight is 350 g/mol. The largest absolute Gasteiger partial charge is 0.497 e. The molecule has 2 heteroatoms. The van der Waals surface area contributed by atoms with Crippen molar-refractivity contribution in [2.75, 3.05) is 19.0 Å². The second-order valence-corrected chi connectivity index (χ2v) is 9.17. The molecule has 2 atom stereocenters. The third kappa shape index (κ3) is 3.34. The number of rotatable bonds is 3. The lowest BCUT2D eigenvalue weighted by atomic mass is 9.72. The predicted molar refractivity (Wildman–Crippen MR) is 109 cm³/mol. The monoisotopic (exact) mass is 349 g/mol. The first kappa shape index (κ1) is 17.5. The summed E-state index contributed by atoms with van der Waals surface area (Å²) in [7, 11) is 1.75. The summed E-state index contributed by atoms with van der Waals surface area (Å²) in [6, 6.07) is 13.7. The molecule has 1 aliphatic carbocycles. The van der Waals surface area contributed by atoms with Gasteiger partial charge in [0, 0.05) is 12.2 Å². The van der Waals surface area contributed by atoms with E-state index >= 15 is 0 Å². The topological polar surface area (TPSA) is 21.3 Å². The van der Waals surface area contributed by atoms with Crippen molar-refractivity contribution in [1.29, 1.82) is 0 Å². The zero-order valence-corrected chi connectivity index (χ0v) is 16.6. The van der Waals surface area contributed by atoms with E-state index in [2.05, 4.69) is 62.5 Å². The molecule has 2 unspecified atom stereocenters. The first-order valence-corrected chi connectivity index (χ1v) is 9.96. The molecule has 0 spiro atoms. The minimum absolute atomic E-state index is 0.315. The van der Waals surface area contributed by atoms with Crippen LogP contribution in [-0.2, 0) is 19.3 Å². The van der Waals surface area contributed by atoms with Crippen molar-refractivity contribution in [3.8, 4) is 5.75 Å². The Morgan fingerprint density at radius 2 is 1.85 bits per heavy atom. The fourth-order valence-electron chi connectivity index (χ4n) is 4.88. The minimum atomic E-state index is 0.315. The molecule has 2 aromatic carbocycles. The summed E-state index contributed by atoms with van der Waals surface area (Å²) in [6.07, 6.45) is 4.76. The van der Waals surface area contributed by atoms with E-state index in [4.69, 9.17) is 4.74 Å². The molecule has 0 saturated carbocycles. The second kappa shape index (κ2) is 6.64. The molecule has 1 aliphatic heterocycles. The van der Waals surface area contributed by atoms with Gasteiger partial charge in [0.05, 0.1) is 7.11 Å². The lowest BCUT2D eigenvalue weighted by Crippen LogP contribution is -2.26. The van der Waals surface area contributed by atoms with Crippen LogP contribution in [0.4, 0.5) is 5.69 Å². The van der Waals surface area contributed by atoms with Crippen molar-refractivity contribution in [2.24, 2.45) is 11.3 Å². The van der Waals surface area contributed by atoms with Gasteiger partial charge in [0.15, 0.2) is 0 Å². The van der Waals surface area contributed by atoms with Crippen LogP contribution in [0, 0.1) is 11.3 Å². The Hall–Kier alpha value is -1.96. The third-order valence-electron chi connectivity index (χ3n) is 6.24. The zero-order valence-electron chi connectivity index (χ0n) is 16.6. The second-order valence-electron chi connectivity index (χ2n) is 9.17. The molecule has 2 aromatic rings. The first-order valence-electron chi connectivity index (χ1n) is 9.96. The van der Waals surface area contributed by atoms with Gasteiger partial charge in [-0.15, -0.1) is 0 Å². The van der Waals surface area contributed by atoms with Crippen molar-refractivity contribution in [1.82, 2.24) is 0 Å². The Balaban J connectivity index is 1.53. The van der Waals surface area contributed by atoms with Gasteiger partial charge in [0.2, 0.25) is 0 Å². The molecule has 0 saturated heterocycles. The molecule has 2 nitrogen and oxygen atoms in total. The van der Waals surface area contributed by atoms with Crippen LogP contribution in [0.25, 0.3) is 0 Å². The van der Waals surface area contributed by atoms with Gasteiger partial charge in [-0.05, 0) is 83.4 Å². The molecule has 26 heavy (non-hydrogen) atoms. The molecule has 0 amide bonds. The number of benzene rings is 2. The molecule has 0 bridgehead atoms. The molecular weight excluding hydrogens is 318 g/mol. The summed E-state index contributed by atoms with van der Waals surface area (Å²) in [4.78, 5) is 0. The Bertz CT molecular complexity index is 802. The number of anilines is 1. The molecule has 138 valence electrons. The van der Waals surface area contributed by atoms with Crippen LogP contribution in [0.5, 0.6) is 5.75 Å². The van der Waals surface area contributed by atoms with Gasteiger partial charge in [-0.2, -0.15) is 0 Å². The van der Waals surface area contributed by atoms with Crippen LogP contribution >= 0.6 is 0 Å². The molecule has 1 N–H and O–H groups in total. The quantitative estimate of drug-likeness (QED) is 0.779. The van der Waals surface area contributed by atoms with Gasteiger partial charge in [-0.25, -0.2) is 0 Å². The van der Waals surface area contributed by atoms with E-state index < -0.39 is 0 Å². The van der Waals surface area contributed by atoms with Gasteiger partial charge < -0.3 is 10.1 Å². The number of fused-ring (bicyclic) bond motifs is 2. The number of nitrogens with one attached hydrogen (secondary N) is 1. The minimum Gasteiger partial charge on any atom is -0.497 e. The molecule has 0 aromatic heterocycles. The van der Waals surface area contributed by atoms with Crippen molar-refractivity contribution in [3.63, 3.8) is 0 Å². The standard InChI is InChI=1S/C24H31NO/c1-24(2,3)22-9-10-25-23-8-5-16(14-21(22)23)11-17-12-18-6-7-20(26-4)15-19(18)13-17/h5-8,14-15,17,22,25H,9-13H2,1-4H3. The van der Waals surface area contributed by atoms with Gasteiger partial charge in [-0.3, -0.25) is 0 Å². The van der Waals surface area contributed by atoms with E-state index in [9.17, 15) is 0 Å². The van der Waals surface area contributed by atoms with Crippen LogP contribution in [0.2, 0.25) is 0 Å². The van der Waals surface area contributed by atoms with Crippen LogP contribution < -0.4 is 10.1 Å². The Labute approximate surface area is 158 Å². The summed E-state index contributed by atoms with van der Waals surface area (Å²) in [6.45, 7) is 8.22. The van der Waals surface area contributed by atoms with Gasteiger partial charge in [0.25, 0.3) is 0 Å². The fraction of sp³-hybridized carbons (Fsp3) is 0.500. The van der Waals surface area contributed by atoms with Crippen LogP contribution in [-0.4, -0.2) is 13.7 Å². The smallest absolute Gasteiger partial charge is 0.119 e. The number of ether oxygens (including phenoxy) is 1. The fourth-order valence-corrected chi connectivity index (χ4v) is 4.88. The van der Waals surface area contributed by atoms with E-state index in [0.717, 1.165) is 12.3 Å². The normalized spacial score (nSPS) is 21.7. The maximum absolute atomic E-state index is 5.39. The van der Waals surface area contributed by atoms with Gasteiger partial charge >= 0.3 is 0 Å². The number of hydrogen-bond acceptors (Lipinski definition) is 2. The zero-order chi connectivity index (χ0) is 18.3. The lowest BCUT2D eigenvalue weighted by Gasteiger charge is -2.36. The van der Waals surface area contributed by atoms with E-state index in [1.54, 1.807) is 7.11 Å². The SMILES string of the molecule is COc1ccc2c(c1)CC(Cc1ccc3c(c1)C(C(C)(C)C)CCN3)C2. The highest BCUT2D eigenvalue weighted by atomic mass is 16.5. The summed E-state index contributed by atoms with van der Waals surface area (Å²) >= 11 is 0. The molecule has 2 aliphatic rings. The van der Waals surface area contributed by atoms with Crippen molar-refractivity contribution in [3.05, 3.63) is 58.7 Å². The van der Waals surface area contributed by atoms with E-state index in [1.165, 1.54) is 53.6 Å². The molecule has 0 fully saturated rings. The molecule has 0 radical (unpaired) electrons. The maximum Gasteiger partial charge on any atom is 0.119 e. The van der Waals surface area contributed by atoms with E-state index in [-0.39, 0.29) is 0 Å². The van der Waals surface area contributed by atoms with Crippen LogP contribution in [0.3, 0.4) is 0 Å². The highest BCUT2D eigenvalue weighted by Crippen LogP contribution is 2.44. The summed E-state index contributed by atoms with van der Waals surface area (Å²) in [5.41, 5.74) is 7.66. The average Bonchev–Trinajstić information content (AvgIpc) is 3.01. The highest BCUT2D eigenvalue weighted by molar-refractivity contribution is 5.57. The summed E-state index contributed by atoms with van der Waals surface area (Å²) in [5.74, 6) is 2.33. The first-order chi connectivity index (χ1) is 12.4. The van der Waals surface area contributed by atoms with Gasteiger partial charge in [-0.1, -0.05) is 39.0 Å².